The molecule has 1 amide bonds. The van der Waals surface area contributed by atoms with Crippen molar-refractivity contribution in [1.82, 2.24) is 33.6 Å². The number of aliphatic hydroxyl groups excluding tert-OH is 8. The molecule has 1 aliphatic carbocycles. The molecule has 3 aliphatic heterocycles. The molecule has 32 heteroatoms. The van der Waals surface area contributed by atoms with Gasteiger partial charge in [0.15, 0.2) is 12.2 Å². The smallest absolute Gasteiger partial charge is 0.411 e. The van der Waals surface area contributed by atoms with E-state index in [1.54, 1.807) is 13.8 Å². The maximum Gasteiger partial charge on any atom is 0.411 e. The third-order valence-electron chi connectivity index (χ3n) is 12.2. The lowest BCUT2D eigenvalue weighted by molar-refractivity contribution is -0.167. The first-order chi connectivity index (χ1) is 34.2. The zero-order valence-electron chi connectivity index (χ0n) is 39.0. The Morgan fingerprint density at radius 1 is 0.712 bits per heavy atom. The molecule has 12 N–H and O–H groups in total. The quantitative estimate of drug-likeness (QED) is 0.0621. The molecular formula is C41H57F6N9O17. The van der Waals surface area contributed by atoms with Crippen molar-refractivity contribution in [3.05, 3.63) is 73.9 Å². The van der Waals surface area contributed by atoms with Crippen LogP contribution in [0.2, 0.25) is 0 Å². The Balaban J connectivity index is 0.000000228. The Morgan fingerprint density at radius 3 is 1.63 bits per heavy atom. The van der Waals surface area contributed by atoms with Crippen LogP contribution in [0.15, 0.2) is 51.2 Å². The summed E-state index contributed by atoms with van der Waals surface area (Å²) in [5.41, 5.74) is 8.15. The average molecular weight is 1060 g/mol. The van der Waals surface area contributed by atoms with E-state index in [0.717, 1.165) is 34.0 Å². The number of anilines is 2. The molecule has 0 aromatic carbocycles. The Morgan fingerprint density at radius 2 is 1.18 bits per heavy atom. The summed E-state index contributed by atoms with van der Waals surface area (Å²) in [6.45, 7) is 1.88. The molecule has 0 spiro atoms. The molecule has 3 aromatic rings. The van der Waals surface area contributed by atoms with Crippen molar-refractivity contribution >= 4 is 17.7 Å². The number of nitrogens with two attached hydrogens (primary N) is 2. The number of carbonyl (C=O) groups excluding carboxylic acids is 1. The monoisotopic (exact) mass is 1060 g/mol. The Labute approximate surface area is 408 Å². The van der Waals surface area contributed by atoms with Gasteiger partial charge < -0.3 is 76.0 Å². The minimum absolute atomic E-state index is 0.107. The predicted molar refractivity (Wildman–Crippen MR) is 232 cm³/mol. The molecule has 0 radical (unpaired) electrons. The van der Waals surface area contributed by atoms with Crippen LogP contribution in [0.25, 0.3) is 0 Å². The first kappa shape index (κ1) is 58.5. The normalized spacial score (nSPS) is 32.0. The molecule has 0 unspecified atom stereocenters. The van der Waals surface area contributed by atoms with E-state index in [1.807, 2.05) is 0 Å². The number of nitrogens with zero attached hydrogens (tertiary/aromatic N) is 7. The van der Waals surface area contributed by atoms with Gasteiger partial charge in [-0.25, -0.2) is 28.0 Å². The van der Waals surface area contributed by atoms with Crippen molar-refractivity contribution in [2.75, 3.05) is 51.2 Å². The highest BCUT2D eigenvalue weighted by Crippen LogP contribution is 2.46. The molecule has 26 nitrogen and oxygen atoms in total. The predicted octanol–water partition coefficient (Wildman–Crippen LogP) is -2.57. The number of hydrogen-bond donors (Lipinski definition) is 10. The van der Waals surface area contributed by atoms with Crippen LogP contribution in [0.3, 0.4) is 0 Å². The van der Waals surface area contributed by atoms with Gasteiger partial charge in [-0.3, -0.25) is 18.6 Å². The standard InChI is InChI=1S/C21H32F2N4O10.C11H14F2N2O3.C9H11F2N3O4/c1-2-4-26(20(34)37-11-6-10(7-28)14(29)16(31)15(11)30)9-35-8-12-17(32)21(22,23)18(36-12)27-5-3-13(24)25-19(27)33;1-6-3-4-15(10(17)14-6)9-11(12,13)7(2)8(5-16)18-9;10-9(11)6(16)4(3-15)18-7(9)14-2-1-5(12)13-8(14)17/h3,5,10-12,14-18,28-32H,2,4,6-9H2,1H3,(H2,24,25,33);3-4,7-9,16H,5H2,1-2H3;1-2,4,6-7,15-16H,3H2,(H2,12,13,17)/t10-,11-,12-,14-,15+,16+,17-,18-;7-,8-,9-;4-,6-,7-/m111/s1. The van der Waals surface area contributed by atoms with Crippen LogP contribution >= 0.6 is 0 Å². The number of aliphatic hydroxyl groups is 8. The lowest BCUT2D eigenvalue weighted by Crippen LogP contribution is -2.56. The van der Waals surface area contributed by atoms with Crippen molar-refractivity contribution in [2.24, 2.45) is 11.8 Å². The van der Waals surface area contributed by atoms with Crippen LogP contribution < -0.4 is 28.5 Å². The van der Waals surface area contributed by atoms with E-state index in [2.05, 4.69) is 15.0 Å². The average Bonchev–Trinajstić information content (AvgIpc) is 3.81. The van der Waals surface area contributed by atoms with Gasteiger partial charge in [0.25, 0.3) is 5.92 Å². The topological polar surface area (TPSA) is 385 Å². The SMILES string of the molecule is CCCN(COC[C@H]1O[C@@H](n2ccc(N)nc2=O)C(F)(F)[C@@H]1O)C(=O)O[C@@H]1C[C@H](CO)[C@@H](O)[C@H](O)[C@H]1O.Cc1ccn([C@@H]2O[C@H](CO)[C@@H](C)C2(F)F)c(=O)n1.Nc1ccn([C@@H]2O[C@H](CO)[C@@H](O)C2(F)F)c(=O)n1. The molecule has 3 saturated heterocycles. The van der Waals surface area contributed by atoms with E-state index in [4.69, 9.17) is 45.4 Å². The van der Waals surface area contributed by atoms with Crippen molar-refractivity contribution in [3.8, 4) is 0 Å². The Bertz CT molecular complexity index is 2420. The van der Waals surface area contributed by atoms with Crippen molar-refractivity contribution in [3.63, 3.8) is 0 Å². The van der Waals surface area contributed by atoms with Crippen LogP contribution in [0.1, 0.15) is 51.1 Å². The number of halogens is 6. The van der Waals surface area contributed by atoms with Gasteiger partial charge in [-0.15, -0.1) is 0 Å². The van der Waals surface area contributed by atoms with E-state index in [-0.39, 0.29) is 24.6 Å². The molecule has 14 atom stereocenters. The Hall–Kier alpha value is -5.39. The summed E-state index contributed by atoms with van der Waals surface area (Å²) in [7, 11) is 0. The lowest BCUT2D eigenvalue weighted by Gasteiger charge is -2.39. The summed E-state index contributed by atoms with van der Waals surface area (Å²) in [6, 6.07) is 3.73. The molecule has 0 bridgehead atoms. The van der Waals surface area contributed by atoms with Crippen LogP contribution in [-0.4, -0.2) is 193 Å². The van der Waals surface area contributed by atoms with Crippen LogP contribution in [0, 0.1) is 18.8 Å². The molecule has 3 aromatic heterocycles. The minimum Gasteiger partial charge on any atom is -0.443 e. The molecular weight excluding hydrogens is 1000 g/mol. The lowest BCUT2D eigenvalue weighted by atomic mass is 9.81. The number of nitrogen functional groups attached to an aromatic ring is 2. The summed E-state index contributed by atoms with van der Waals surface area (Å²) >= 11 is 0. The van der Waals surface area contributed by atoms with Crippen molar-refractivity contribution in [1.29, 1.82) is 0 Å². The first-order valence-electron chi connectivity index (χ1n) is 22.3. The number of hydrogen-bond acceptors (Lipinski definition) is 22. The van der Waals surface area contributed by atoms with Gasteiger partial charge in [0.1, 0.15) is 48.9 Å². The fraction of sp³-hybridized carbons (Fsp3) is 0.683. The maximum atomic E-state index is 14.7. The molecule has 7 rings (SSSR count). The number of rotatable bonds is 13. The summed E-state index contributed by atoms with van der Waals surface area (Å²) in [6.07, 6.45) is -17.7. The van der Waals surface area contributed by atoms with E-state index in [1.165, 1.54) is 19.2 Å². The number of amides is 1. The highest BCUT2D eigenvalue weighted by atomic mass is 19.3. The molecule has 6 heterocycles. The molecule has 4 fully saturated rings. The second-order valence-electron chi connectivity index (χ2n) is 17.3. The van der Waals surface area contributed by atoms with Crippen LogP contribution in [0.5, 0.6) is 0 Å². The van der Waals surface area contributed by atoms with Gasteiger partial charge in [0.05, 0.1) is 37.9 Å². The van der Waals surface area contributed by atoms with Gasteiger partial charge in [0, 0.05) is 43.4 Å². The van der Waals surface area contributed by atoms with Gasteiger partial charge in [-0.2, -0.15) is 32.5 Å². The number of ether oxygens (including phenoxy) is 5. The van der Waals surface area contributed by atoms with Gasteiger partial charge in [-0.05, 0) is 38.0 Å². The largest absolute Gasteiger partial charge is 0.443 e. The first-order valence-corrected chi connectivity index (χ1v) is 22.3. The third-order valence-corrected chi connectivity index (χ3v) is 12.2. The van der Waals surface area contributed by atoms with Gasteiger partial charge >= 0.3 is 35.0 Å². The van der Waals surface area contributed by atoms with E-state index in [9.17, 15) is 76.2 Å². The van der Waals surface area contributed by atoms with E-state index >= 15 is 0 Å². The van der Waals surface area contributed by atoms with Crippen LogP contribution in [-0.2, 0) is 23.7 Å². The Kier molecular flexibility index (Phi) is 19.1. The molecule has 1 saturated carbocycles. The summed E-state index contributed by atoms with van der Waals surface area (Å²) < 4.78 is 112. The number of aromatic nitrogens is 6. The number of carbonyl (C=O) groups is 1. The second kappa shape index (κ2) is 23.9. The van der Waals surface area contributed by atoms with Crippen LogP contribution in [0.4, 0.5) is 42.8 Å². The third kappa shape index (κ3) is 12.6. The fourth-order valence-corrected chi connectivity index (χ4v) is 7.95. The molecule has 4 aliphatic rings. The van der Waals surface area contributed by atoms with Crippen molar-refractivity contribution in [2.45, 2.75) is 125 Å². The fourth-order valence-electron chi connectivity index (χ4n) is 7.95. The van der Waals surface area contributed by atoms with Gasteiger partial charge in [0.2, 0.25) is 18.7 Å². The minimum atomic E-state index is -3.87. The van der Waals surface area contributed by atoms with Gasteiger partial charge in [-0.1, -0.05) is 13.8 Å². The highest BCUT2D eigenvalue weighted by Gasteiger charge is 2.61. The zero-order valence-corrected chi connectivity index (χ0v) is 39.0. The summed E-state index contributed by atoms with van der Waals surface area (Å²) in [4.78, 5) is 59.0. The van der Waals surface area contributed by atoms with E-state index < -0.39 is 160 Å². The maximum absolute atomic E-state index is 14.7. The number of alkyl halides is 6. The molecule has 73 heavy (non-hydrogen) atoms. The second-order valence-corrected chi connectivity index (χ2v) is 17.3. The summed E-state index contributed by atoms with van der Waals surface area (Å²) in [5.74, 6) is -13.1. The number of aryl methyl sites for hydroxylation is 1. The molecule has 410 valence electrons. The highest BCUT2D eigenvalue weighted by molar-refractivity contribution is 5.67. The van der Waals surface area contributed by atoms with Crippen molar-refractivity contribution < 1.29 is 95.7 Å². The van der Waals surface area contributed by atoms with E-state index in [0.29, 0.717) is 21.2 Å². The summed E-state index contributed by atoms with van der Waals surface area (Å²) in [5, 5.41) is 76.6. The zero-order chi connectivity index (χ0) is 54.5.